The number of nitrogens with one attached hydrogen (secondary N) is 1. The Morgan fingerprint density at radius 3 is 2.37 bits per heavy atom. The number of carbonyl (C=O) groups is 1. The molecular formula is C21H21F2N3O3S. The summed E-state index contributed by atoms with van der Waals surface area (Å²) in [4.78, 5) is 18.7. The van der Waals surface area contributed by atoms with Gasteiger partial charge in [0, 0.05) is 10.9 Å². The van der Waals surface area contributed by atoms with E-state index >= 15 is 0 Å². The van der Waals surface area contributed by atoms with E-state index in [0.29, 0.717) is 22.3 Å². The maximum atomic E-state index is 14.2. The molecule has 0 saturated heterocycles. The van der Waals surface area contributed by atoms with Crippen LogP contribution in [0.3, 0.4) is 0 Å². The van der Waals surface area contributed by atoms with Gasteiger partial charge in [0.15, 0.2) is 16.6 Å². The lowest BCUT2D eigenvalue weighted by molar-refractivity contribution is -0.120. The lowest BCUT2D eigenvalue weighted by atomic mass is 10.0. The van der Waals surface area contributed by atoms with E-state index in [1.165, 1.54) is 29.4 Å². The molecular weight excluding hydrogens is 412 g/mol. The van der Waals surface area contributed by atoms with Crippen molar-refractivity contribution in [2.75, 3.05) is 33.6 Å². The first kappa shape index (κ1) is 21.7. The van der Waals surface area contributed by atoms with Crippen molar-refractivity contribution in [3.63, 3.8) is 0 Å². The van der Waals surface area contributed by atoms with Crippen molar-refractivity contribution < 1.29 is 23.0 Å². The Hall–Kier alpha value is -3.04. The van der Waals surface area contributed by atoms with Crippen LogP contribution in [0.25, 0.3) is 11.3 Å². The quantitative estimate of drug-likeness (QED) is 0.600. The number of amides is 1. The molecule has 0 fully saturated rings. The predicted octanol–water partition coefficient (Wildman–Crippen LogP) is 4.35. The minimum absolute atomic E-state index is 0.309. The normalized spacial score (nSPS) is 12.0. The van der Waals surface area contributed by atoms with Gasteiger partial charge in [-0.1, -0.05) is 6.07 Å². The van der Waals surface area contributed by atoms with E-state index in [1.54, 1.807) is 38.7 Å². The van der Waals surface area contributed by atoms with Gasteiger partial charge < -0.3 is 14.8 Å². The standard InChI is InChI=1S/C21H21F2N3O3S/c1-26(2)19(18-13(22)6-5-7-14(18)23)20(27)25-21-24-15(11-30-21)12-8-9-16(28-3)17(10-12)29-4/h5-11,19H,1-4H3,(H,24,25,27)/t19-/m1/s1. The van der Waals surface area contributed by atoms with E-state index in [1.807, 2.05) is 6.07 Å². The molecule has 0 aliphatic rings. The summed E-state index contributed by atoms with van der Waals surface area (Å²) in [5, 5.41) is 4.74. The monoisotopic (exact) mass is 433 g/mol. The van der Waals surface area contributed by atoms with Crippen molar-refractivity contribution in [2.45, 2.75) is 6.04 Å². The van der Waals surface area contributed by atoms with Gasteiger partial charge in [-0.3, -0.25) is 9.69 Å². The van der Waals surface area contributed by atoms with E-state index in [0.717, 1.165) is 17.7 Å². The third-order valence-electron chi connectivity index (χ3n) is 4.45. The fourth-order valence-corrected chi connectivity index (χ4v) is 3.75. The molecule has 0 saturated carbocycles. The van der Waals surface area contributed by atoms with Crippen LogP contribution in [0.2, 0.25) is 0 Å². The molecule has 1 aromatic heterocycles. The van der Waals surface area contributed by atoms with Gasteiger partial charge in [0.1, 0.15) is 17.7 Å². The van der Waals surface area contributed by atoms with Crippen molar-refractivity contribution in [2.24, 2.45) is 0 Å². The number of rotatable bonds is 7. The first-order valence-corrected chi connectivity index (χ1v) is 9.82. The number of methoxy groups -OCH3 is 2. The second-order valence-corrected chi connectivity index (χ2v) is 7.46. The number of likely N-dealkylation sites (N-methyl/N-ethyl adjacent to an activating group) is 1. The molecule has 0 unspecified atom stereocenters. The molecule has 6 nitrogen and oxygen atoms in total. The molecule has 1 amide bonds. The van der Waals surface area contributed by atoms with Crippen LogP contribution < -0.4 is 14.8 Å². The second kappa shape index (κ2) is 9.19. The zero-order valence-corrected chi connectivity index (χ0v) is 17.7. The van der Waals surface area contributed by atoms with E-state index in [9.17, 15) is 13.6 Å². The van der Waals surface area contributed by atoms with Crippen LogP contribution in [0, 0.1) is 11.6 Å². The van der Waals surface area contributed by atoms with Crippen LogP contribution in [0.5, 0.6) is 11.5 Å². The maximum Gasteiger partial charge on any atom is 0.248 e. The average Bonchev–Trinajstić information content (AvgIpc) is 3.18. The summed E-state index contributed by atoms with van der Waals surface area (Å²) in [6.07, 6.45) is 0. The highest BCUT2D eigenvalue weighted by Crippen LogP contribution is 2.34. The number of hydrogen-bond donors (Lipinski definition) is 1. The number of hydrogen-bond acceptors (Lipinski definition) is 6. The maximum absolute atomic E-state index is 14.2. The average molecular weight is 433 g/mol. The van der Waals surface area contributed by atoms with Gasteiger partial charge in [0.25, 0.3) is 0 Å². The highest BCUT2D eigenvalue weighted by Gasteiger charge is 2.29. The summed E-state index contributed by atoms with van der Waals surface area (Å²) in [5.41, 5.74) is 1.08. The van der Waals surface area contributed by atoms with Crippen molar-refractivity contribution in [1.82, 2.24) is 9.88 Å². The number of nitrogens with zero attached hydrogens (tertiary/aromatic N) is 2. The third-order valence-corrected chi connectivity index (χ3v) is 5.21. The van der Waals surface area contributed by atoms with Gasteiger partial charge in [0.2, 0.25) is 5.91 Å². The van der Waals surface area contributed by atoms with E-state index in [-0.39, 0.29) is 5.56 Å². The molecule has 3 rings (SSSR count). The van der Waals surface area contributed by atoms with E-state index in [4.69, 9.17) is 9.47 Å². The molecule has 1 heterocycles. The number of aromatic nitrogens is 1. The summed E-state index contributed by atoms with van der Waals surface area (Å²) in [7, 11) is 6.24. The Morgan fingerprint density at radius 1 is 1.10 bits per heavy atom. The van der Waals surface area contributed by atoms with Gasteiger partial charge in [0.05, 0.1) is 25.5 Å². The predicted molar refractivity (Wildman–Crippen MR) is 112 cm³/mol. The van der Waals surface area contributed by atoms with Gasteiger partial charge >= 0.3 is 0 Å². The molecule has 0 bridgehead atoms. The number of ether oxygens (including phenoxy) is 2. The summed E-state index contributed by atoms with van der Waals surface area (Å²) in [6, 6.07) is 7.71. The molecule has 2 aromatic carbocycles. The Bertz CT molecular complexity index is 1040. The fraction of sp³-hybridized carbons (Fsp3) is 0.238. The van der Waals surface area contributed by atoms with Crippen molar-refractivity contribution in [3.05, 3.63) is 59.0 Å². The van der Waals surface area contributed by atoms with Crippen LogP contribution in [0.15, 0.2) is 41.8 Å². The molecule has 0 spiro atoms. The minimum atomic E-state index is -1.15. The van der Waals surface area contributed by atoms with Crippen LogP contribution >= 0.6 is 11.3 Å². The smallest absolute Gasteiger partial charge is 0.248 e. The molecule has 30 heavy (non-hydrogen) atoms. The lowest BCUT2D eigenvalue weighted by Gasteiger charge is -2.24. The SMILES string of the molecule is COc1ccc(-c2csc(NC(=O)[C@@H](c3c(F)cccc3F)N(C)C)n2)cc1OC. The van der Waals surface area contributed by atoms with Crippen LogP contribution in [-0.2, 0) is 4.79 Å². The molecule has 0 aliphatic carbocycles. The second-order valence-electron chi connectivity index (χ2n) is 6.60. The number of carbonyl (C=O) groups excluding carboxylic acids is 1. The summed E-state index contributed by atoms with van der Waals surface area (Å²) < 4.78 is 39.0. The van der Waals surface area contributed by atoms with Crippen LogP contribution in [0.4, 0.5) is 13.9 Å². The zero-order chi connectivity index (χ0) is 21.8. The Morgan fingerprint density at radius 2 is 1.77 bits per heavy atom. The van der Waals surface area contributed by atoms with Crippen molar-refractivity contribution in [1.29, 1.82) is 0 Å². The first-order chi connectivity index (χ1) is 14.3. The van der Waals surface area contributed by atoms with Crippen LogP contribution in [0.1, 0.15) is 11.6 Å². The van der Waals surface area contributed by atoms with Gasteiger partial charge in [-0.2, -0.15) is 0 Å². The topological polar surface area (TPSA) is 63.7 Å². The van der Waals surface area contributed by atoms with Gasteiger partial charge in [-0.15, -0.1) is 11.3 Å². The van der Waals surface area contributed by atoms with Crippen molar-refractivity contribution in [3.8, 4) is 22.8 Å². The minimum Gasteiger partial charge on any atom is -0.493 e. The summed E-state index contributed by atoms with van der Waals surface area (Å²) in [6.45, 7) is 0. The number of anilines is 1. The molecule has 1 atom stereocenters. The first-order valence-electron chi connectivity index (χ1n) is 8.94. The molecule has 0 radical (unpaired) electrons. The van der Waals surface area contributed by atoms with Gasteiger partial charge in [-0.05, 0) is 44.4 Å². The van der Waals surface area contributed by atoms with E-state index in [2.05, 4.69) is 10.3 Å². The Kier molecular flexibility index (Phi) is 6.63. The lowest BCUT2D eigenvalue weighted by Crippen LogP contribution is -2.33. The number of halogens is 2. The molecule has 3 aromatic rings. The largest absolute Gasteiger partial charge is 0.493 e. The molecule has 0 aliphatic heterocycles. The summed E-state index contributed by atoms with van der Waals surface area (Å²) in [5.74, 6) is -1.01. The molecule has 9 heteroatoms. The van der Waals surface area contributed by atoms with E-state index < -0.39 is 23.6 Å². The highest BCUT2D eigenvalue weighted by molar-refractivity contribution is 7.14. The molecule has 1 N–H and O–H groups in total. The molecule has 158 valence electrons. The van der Waals surface area contributed by atoms with Gasteiger partial charge in [-0.25, -0.2) is 13.8 Å². The Labute approximate surface area is 177 Å². The zero-order valence-electron chi connectivity index (χ0n) is 16.9. The van der Waals surface area contributed by atoms with Crippen molar-refractivity contribution >= 4 is 22.4 Å². The Balaban J connectivity index is 1.85. The highest BCUT2D eigenvalue weighted by atomic mass is 32.1. The number of benzene rings is 2. The van der Waals surface area contributed by atoms with Crippen LogP contribution in [-0.4, -0.2) is 44.1 Å². The summed E-state index contributed by atoms with van der Waals surface area (Å²) >= 11 is 1.21. The third kappa shape index (κ3) is 4.42. The number of thiazole rings is 1. The fourth-order valence-electron chi connectivity index (χ4n) is 3.03.